The van der Waals surface area contributed by atoms with Crippen LogP contribution in [0.5, 0.6) is 0 Å². The number of carbonyl (C=O) groups excluding carboxylic acids is 1. The molecule has 0 saturated carbocycles. The second-order valence-electron chi connectivity index (χ2n) is 11.0. The van der Waals surface area contributed by atoms with Gasteiger partial charge in [0.2, 0.25) is 0 Å². The predicted molar refractivity (Wildman–Crippen MR) is 144 cm³/mol. The van der Waals surface area contributed by atoms with Crippen LogP contribution < -0.4 is 5.11 Å². The first-order chi connectivity index (χ1) is 16.6. The first-order valence-corrected chi connectivity index (χ1v) is 15.1. The van der Waals surface area contributed by atoms with Gasteiger partial charge in [-0.1, -0.05) is 130 Å². The number of carboxylic acid groups (broad SMARTS) is 1. The number of unbranched alkanes of at least 4 members (excludes halogenated alkanes) is 16. The van der Waals surface area contributed by atoms with E-state index in [2.05, 4.69) is 25.7 Å². The summed E-state index contributed by atoms with van der Waals surface area (Å²) in [5.41, 5.74) is 0. The van der Waals surface area contributed by atoms with Gasteiger partial charge in [-0.2, -0.15) is 0 Å². The molecule has 0 saturated heterocycles. The van der Waals surface area contributed by atoms with E-state index in [-0.39, 0.29) is 4.48 Å². The molecule has 0 aromatic carbocycles. The third kappa shape index (κ3) is 13.8. The summed E-state index contributed by atoms with van der Waals surface area (Å²) in [6.07, 6.45) is 29.5. The van der Waals surface area contributed by atoms with Crippen molar-refractivity contribution in [1.82, 2.24) is 4.90 Å². The monoisotopic (exact) mass is 478 g/mol. The summed E-state index contributed by atoms with van der Waals surface area (Å²) in [5.74, 6) is 0.456. The maximum absolute atomic E-state index is 12.0. The normalized spacial score (nSPS) is 18.6. The molecule has 0 N–H and O–H groups in total. The average molecular weight is 479 g/mol. The molecule has 200 valence electrons. The highest BCUT2D eigenvalue weighted by molar-refractivity contribution is 5.55. The van der Waals surface area contributed by atoms with Crippen molar-refractivity contribution < 1.29 is 14.4 Å². The fourth-order valence-corrected chi connectivity index (χ4v) is 5.34. The molecular formula is C30H58N2O2. The molecule has 1 heterocycles. The Hall–Kier alpha value is -1.03. The van der Waals surface area contributed by atoms with Crippen LogP contribution in [0.3, 0.4) is 0 Å². The lowest BCUT2D eigenvalue weighted by Crippen LogP contribution is -2.57. The van der Waals surface area contributed by atoms with Crippen molar-refractivity contribution in [3.63, 3.8) is 0 Å². The number of hydrogen-bond acceptors (Lipinski definition) is 3. The van der Waals surface area contributed by atoms with E-state index >= 15 is 0 Å². The fourth-order valence-electron chi connectivity index (χ4n) is 5.34. The molecule has 1 aliphatic heterocycles. The summed E-state index contributed by atoms with van der Waals surface area (Å²) in [7, 11) is 0. The van der Waals surface area contributed by atoms with Gasteiger partial charge in [0.15, 0.2) is 6.67 Å². The van der Waals surface area contributed by atoms with E-state index in [1.807, 2.05) is 12.4 Å². The minimum atomic E-state index is -0.944. The highest BCUT2D eigenvalue weighted by atomic mass is 16.4. The molecule has 0 bridgehead atoms. The highest BCUT2D eigenvalue weighted by Gasteiger charge is 2.36. The van der Waals surface area contributed by atoms with Gasteiger partial charge in [-0.3, -0.25) is 0 Å². The minimum absolute atomic E-state index is 0.0128. The molecule has 0 spiro atoms. The summed E-state index contributed by atoms with van der Waals surface area (Å²) in [5, 5.41) is 12.0. The van der Waals surface area contributed by atoms with Crippen LogP contribution in [0.2, 0.25) is 0 Å². The van der Waals surface area contributed by atoms with E-state index in [0.717, 1.165) is 25.8 Å². The molecule has 0 aromatic heterocycles. The van der Waals surface area contributed by atoms with Crippen LogP contribution in [0.1, 0.15) is 149 Å². The molecular weight excluding hydrogens is 420 g/mol. The van der Waals surface area contributed by atoms with Crippen LogP contribution in [0.25, 0.3) is 0 Å². The second-order valence-corrected chi connectivity index (χ2v) is 11.0. The molecule has 1 aliphatic rings. The van der Waals surface area contributed by atoms with E-state index in [4.69, 9.17) is 0 Å². The second kappa shape index (κ2) is 20.2. The number of amides is 1. The number of carbonyl (C=O) groups is 1. The highest BCUT2D eigenvalue weighted by Crippen LogP contribution is 2.25. The van der Waals surface area contributed by atoms with Gasteiger partial charge >= 0.3 is 0 Å². The maximum atomic E-state index is 12.0. The predicted octanol–water partition coefficient (Wildman–Crippen LogP) is 8.37. The van der Waals surface area contributed by atoms with Crippen molar-refractivity contribution in [3.8, 4) is 0 Å². The molecule has 0 fully saturated rings. The van der Waals surface area contributed by atoms with Crippen LogP contribution in [0.4, 0.5) is 4.79 Å². The lowest BCUT2D eigenvalue weighted by molar-refractivity contribution is -0.833. The van der Waals surface area contributed by atoms with Gasteiger partial charge in [0.1, 0.15) is 6.20 Å². The SMILES string of the molecule is CCCCCCCCCCCCCCCCCCN1C=C[N+](CC(CC)CCCC)(C(=O)[O-])C1. The van der Waals surface area contributed by atoms with Crippen LogP contribution in [-0.2, 0) is 0 Å². The Balaban J connectivity index is 2.02. The van der Waals surface area contributed by atoms with Crippen molar-refractivity contribution >= 4 is 6.09 Å². The number of quaternary nitrogens is 1. The zero-order chi connectivity index (χ0) is 24.9. The Morgan fingerprint density at radius 3 is 1.68 bits per heavy atom. The maximum Gasteiger partial charge on any atom is 0.263 e. The summed E-state index contributed by atoms with van der Waals surface area (Å²) in [4.78, 5) is 14.2. The smallest absolute Gasteiger partial charge is 0.263 e. The topological polar surface area (TPSA) is 43.4 Å². The lowest BCUT2D eigenvalue weighted by Gasteiger charge is -2.35. The Kier molecular flexibility index (Phi) is 18.4. The molecule has 0 radical (unpaired) electrons. The van der Waals surface area contributed by atoms with E-state index in [0.29, 0.717) is 19.1 Å². The number of nitrogens with zero attached hydrogens (tertiary/aromatic N) is 2. The third-order valence-electron chi connectivity index (χ3n) is 7.79. The van der Waals surface area contributed by atoms with Crippen molar-refractivity contribution in [1.29, 1.82) is 0 Å². The summed E-state index contributed by atoms with van der Waals surface area (Å²) < 4.78 is -0.0128. The van der Waals surface area contributed by atoms with E-state index in [1.165, 1.54) is 109 Å². The van der Waals surface area contributed by atoms with Crippen molar-refractivity contribution in [2.75, 3.05) is 19.8 Å². The number of rotatable bonds is 23. The quantitative estimate of drug-likeness (QED) is 0.109. The Morgan fingerprint density at radius 2 is 1.24 bits per heavy atom. The van der Waals surface area contributed by atoms with Crippen molar-refractivity contribution in [3.05, 3.63) is 12.4 Å². The van der Waals surface area contributed by atoms with Gasteiger partial charge in [0.05, 0.1) is 12.7 Å². The molecule has 1 rings (SSSR count). The van der Waals surface area contributed by atoms with Gasteiger partial charge in [-0.05, 0) is 19.3 Å². The largest absolute Gasteiger partial charge is 0.498 e. The molecule has 2 unspecified atom stereocenters. The summed E-state index contributed by atoms with van der Waals surface area (Å²) in [6.45, 7) is 8.85. The van der Waals surface area contributed by atoms with Gasteiger partial charge in [0, 0.05) is 12.5 Å². The molecule has 4 heteroatoms. The van der Waals surface area contributed by atoms with Gasteiger partial charge in [-0.15, -0.1) is 0 Å². The molecule has 0 aliphatic carbocycles. The van der Waals surface area contributed by atoms with Crippen LogP contribution >= 0.6 is 0 Å². The summed E-state index contributed by atoms with van der Waals surface area (Å²) >= 11 is 0. The van der Waals surface area contributed by atoms with Crippen LogP contribution in [0.15, 0.2) is 12.4 Å². The van der Waals surface area contributed by atoms with Crippen LogP contribution in [0, 0.1) is 5.92 Å². The van der Waals surface area contributed by atoms with Crippen molar-refractivity contribution in [2.45, 2.75) is 149 Å². The first kappa shape index (κ1) is 31.0. The zero-order valence-electron chi connectivity index (χ0n) is 23.2. The van der Waals surface area contributed by atoms with E-state index in [9.17, 15) is 9.90 Å². The molecule has 0 aromatic rings. The standard InChI is InChI=1S/C30H58N2O2/c1-4-7-9-10-11-12-13-14-15-16-17-18-19-20-21-22-24-31-25-26-32(28-31,30(33)34)27-29(6-3)23-8-5-2/h25-26,29H,4-24,27-28H2,1-3H3. The molecule has 34 heavy (non-hydrogen) atoms. The average Bonchev–Trinajstić information content (AvgIpc) is 3.25. The minimum Gasteiger partial charge on any atom is -0.498 e. The molecule has 1 amide bonds. The zero-order valence-corrected chi connectivity index (χ0v) is 23.2. The van der Waals surface area contributed by atoms with Gasteiger partial charge < -0.3 is 14.8 Å². The Labute approximate surface area is 212 Å². The van der Waals surface area contributed by atoms with Crippen LogP contribution in [-0.4, -0.2) is 35.2 Å². The van der Waals surface area contributed by atoms with Gasteiger partial charge in [-0.25, -0.2) is 4.48 Å². The van der Waals surface area contributed by atoms with Gasteiger partial charge in [0.25, 0.3) is 6.09 Å². The first-order valence-electron chi connectivity index (χ1n) is 15.1. The Morgan fingerprint density at radius 1 is 0.765 bits per heavy atom. The number of hydrogen-bond donors (Lipinski definition) is 0. The van der Waals surface area contributed by atoms with E-state index < -0.39 is 6.09 Å². The third-order valence-corrected chi connectivity index (χ3v) is 7.79. The Bertz CT molecular complexity index is 522. The molecule has 2 atom stereocenters. The molecule has 4 nitrogen and oxygen atoms in total. The van der Waals surface area contributed by atoms with E-state index in [1.54, 1.807) is 0 Å². The lowest BCUT2D eigenvalue weighted by atomic mass is 9.98. The fraction of sp³-hybridized carbons (Fsp3) is 0.900. The van der Waals surface area contributed by atoms with Crippen molar-refractivity contribution in [2.24, 2.45) is 5.92 Å². The summed E-state index contributed by atoms with van der Waals surface area (Å²) in [6, 6.07) is 0.